The minimum Gasteiger partial charge on any atom is -0.487 e. The normalized spacial score (nSPS) is 35.3. The summed E-state index contributed by atoms with van der Waals surface area (Å²) in [5, 5.41) is 3.38. The first-order chi connectivity index (χ1) is 18.1. The zero-order chi connectivity index (χ0) is 26.8. The quantitative estimate of drug-likeness (QED) is 0.618. The molecule has 7 aliphatic rings. The molecule has 8 nitrogen and oxygen atoms in total. The highest BCUT2D eigenvalue weighted by Gasteiger charge is 2.48. The van der Waals surface area contributed by atoms with Crippen LogP contribution >= 0.6 is 0 Å². The van der Waals surface area contributed by atoms with Crippen molar-refractivity contribution in [2.24, 2.45) is 22.6 Å². The fourth-order valence-corrected chi connectivity index (χ4v) is 7.52. The molecule has 3 N–H and O–H groups in total. The fraction of sp³-hybridized carbons (Fsp3) is 0.700. The lowest BCUT2D eigenvalue weighted by Crippen LogP contribution is -2.59. The Morgan fingerprint density at radius 3 is 2.68 bits per heavy atom. The van der Waals surface area contributed by atoms with Crippen molar-refractivity contribution in [1.82, 2.24) is 10.2 Å². The lowest BCUT2D eigenvalue weighted by atomic mass is 9.69. The van der Waals surface area contributed by atoms with Gasteiger partial charge in [0.25, 0.3) is 0 Å². The summed E-state index contributed by atoms with van der Waals surface area (Å²) in [5.41, 5.74) is 9.62. The van der Waals surface area contributed by atoms with E-state index in [0.717, 1.165) is 56.3 Å². The van der Waals surface area contributed by atoms with Gasteiger partial charge in [0, 0.05) is 43.6 Å². The Kier molecular flexibility index (Phi) is 6.24. The summed E-state index contributed by atoms with van der Waals surface area (Å²) in [6.07, 6.45) is 6.94. The summed E-state index contributed by atoms with van der Waals surface area (Å²) in [7, 11) is 1.68. The minimum absolute atomic E-state index is 0.0532. The van der Waals surface area contributed by atoms with E-state index in [9.17, 15) is 9.59 Å². The maximum atomic E-state index is 13.6. The largest absolute Gasteiger partial charge is 0.487 e. The fourth-order valence-electron chi connectivity index (χ4n) is 7.52. The Hall–Kier alpha value is -2.61. The second-order valence-corrected chi connectivity index (χ2v) is 12.9. The Labute approximate surface area is 225 Å². The van der Waals surface area contributed by atoms with Crippen LogP contribution in [0.2, 0.25) is 0 Å². The summed E-state index contributed by atoms with van der Waals surface area (Å²) in [6.45, 7) is 6.85. The Bertz CT molecular complexity index is 1170. The Morgan fingerprint density at radius 1 is 1.21 bits per heavy atom. The average Bonchev–Trinajstić information content (AvgIpc) is 3.49. The summed E-state index contributed by atoms with van der Waals surface area (Å²) in [6, 6.07) is 4.33. The Balaban J connectivity index is 1.33. The third kappa shape index (κ3) is 4.38. The SMILES string of the molecule is CC[C@@]12CCCC3c4cc5c(cc43)[C@H](CC(C)(C)O5)NC(=O)C3CC(C3)C(CCOC)N(C(=O)C1)C(N)=N2. The number of rotatable bonds is 4. The third-order valence-electron chi connectivity index (χ3n) is 9.84. The summed E-state index contributed by atoms with van der Waals surface area (Å²) < 4.78 is 11.8. The molecule has 8 heteroatoms. The second kappa shape index (κ2) is 9.25. The van der Waals surface area contributed by atoms with Crippen LogP contribution in [0.5, 0.6) is 5.75 Å². The van der Waals surface area contributed by atoms with Crippen LogP contribution in [-0.2, 0) is 14.3 Å². The first-order valence-electron chi connectivity index (χ1n) is 14.5. The second-order valence-electron chi connectivity index (χ2n) is 12.9. The van der Waals surface area contributed by atoms with E-state index >= 15 is 0 Å². The molecule has 6 bridgehead atoms. The molecule has 2 aliphatic carbocycles. The molecule has 0 aromatic heterocycles. The van der Waals surface area contributed by atoms with E-state index in [2.05, 4.69) is 38.2 Å². The number of carbonyl (C=O) groups excluding carboxylic acids is 2. The number of benzene rings is 1. The molecule has 1 saturated carbocycles. The molecule has 4 atom stereocenters. The van der Waals surface area contributed by atoms with Gasteiger partial charge in [-0.3, -0.25) is 14.5 Å². The van der Waals surface area contributed by atoms with Gasteiger partial charge in [-0.1, -0.05) is 13.3 Å². The van der Waals surface area contributed by atoms with Crippen molar-refractivity contribution in [1.29, 1.82) is 0 Å². The maximum absolute atomic E-state index is 13.6. The molecule has 5 aliphatic heterocycles. The summed E-state index contributed by atoms with van der Waals surface area (Å²) in [5.74, 6) is 1.95. The summed E-state index contributed by atoms with van der Waals surface area (Å²) >= 11 is 0. The number of nitrogens with one attached hydrogen (secondary N) is 1. The topological polar surface area (TPSA) is 106 Å². The molecule has 1 fully saturated rings. The van der Waals surface area contributed by atoms with E-state index in [1.165, 1.54) is 11.1 Å². The van der Waals surface area contributed by atoms with E-state index in [-0.39, 0.29) is 41.3 Å². The van der Waals surface area contributed by atoms with E-state index < -0.39 is 5.54 Å². The van der Waals surface area contributed by atoms with Crippen LogP contribution in [0.4, 0.5) is 0 Å². The van der Waals surface area contributed by atoms with Gasteiger partial charge in [0.15, 0.2) is 5.96 Å². The van der Waals surface area contributed by atoms with Crippen molar-refractivity contribution >= 4 is 17.8 Å². The van der Waals surface area contributed by atoms with E-state index in [0.29, 0.717) is 31.3 Å². The van der Waals surface area contributed by atoms with Crippen molar-refractivity contribution in [2.45, 2.75) is 108 Å². The van der Waals surface area contributed by atoms with Crippen LogP contribution in [0.3, 0.4) is 0 Å². The van der Waals surface area contributed by atoms with Crippen LogP contribution in [0.1, 0.15) is 107 Å². The Morgan fingerprint density at radius 2 is 1.97 bits per heavy atom. The number of hydrogen-bond donors (Lipinski definition) is 2. The predicted molar refractivity (Wildman–Crippen MR) is 145 cm³/mol. The molecule has 206 valence electrons. The van der Waals surface area contributed by atoms with Crippen molar-refractivity contribution in [3.63, 3.8) is 0 Å². The van der Waals surface area contributed by atoms with E-state index in [1.54, 1.807) is 12.0 Å². The molecule has 2 unspecified atom stereocenters. The van der Waals surface area contributed by atoms with Crippen LogP contribution in [-0.4, -0.2) is 53.6 Å². The smallest absolute Gasteiger partial charge is 0.231 e. The van der Waals surface area contributed by atoms with Crippen molar-refractivity contribution in [2.75, 3.05) is 13.7 Å². The van der Waals surface area contributed by atoms with E-state index in [4.69, 9.17) is 20.2 Å². The first-order valence-corrected chi connectivity index (χ1v) is 14.5. The summed E-state index contributed by atoms with van der Waals surface area (Å²) in [4.78, 5) is 33.8. The predicted octanol–water partition coefficient (Wildman–Crippen LogP) is 4.16. The lowest BCUT2D eigenvalue weighted by Gasteiger charge is -2.47. The molecule has 1 aromatic rings. The number of ether oxygens (including phenoxy) is 2. The van der Waals surface area contributed by atoms with Gasteiger partial charge in [0.2, 0.25) is 11.8 Å². The molecule has 0 radical (unpaired) electrons. The lowest BCUT2D eigenvalue weighted by molar-refractivity contribution is -0.136. The number of nitrogens with zero attached hydrogens (tertiary/aromatic N) is 2. The van der Waals surface area contributed by atoms with Crippen LogP contribution in [0.15, 0.2) is 17.1 Å². The first kappa shape index (κ1) is 25.7. The maximum Gasteiger partial charge on any atom is 0.231 e. The zero-order valence-corrected chi connectivity index (χ0v) is 23.2. The molecule has 5 heterocycles. The van der Waals surface area contributed by atoms with Crippen molar-refractivity contribution in [3.8, 4) is 5.75 Å². The van der Waals surface area contributed by atoms with Gasteiger partial charge in [0.1, 0.15) is 11.4 Å². The van der Waals surface area contributed by atoms with Crippen LogP contribution in [0.25, 0.3) is 0 Å². The highest BCUT2D eigenvalue weighted by atomic mass is 16.5. The third-order valence-corrected chi connectivity index (χ3v) is 9.84. The van der Waals surface area contributed by atoms with Crippen molar-refractivity contribution in [3.05, 3.63) is 28.8 Å². The van der Waals surface area contributed by atoms with Gasteiger partial charge in [-0.2, -0.15) is 0 Å². The van der Waals surface area contributed by atoms with Gasteiger partial charge in [-0.15, -0.1) is 0 Å². The number of hydrogen-bond acceptors (Lipinski definition) is 6. The molecule has 8 rings (SSSR count). The number of aliphatic imine (C=N–C) groups is 1. The molecule has 0 spiro atoms. The molecule has 38 heavy (non-hydrogen) atoms. The highest BCUT2D eigenvalue weighted by Crippen LogP contribution is 2.53. The average molecular weight is 523 g/mol. The standard InChI is InChI=1S/C30H42N4O4/c1-5-30-9-6-7-19-20-13-22-23(15-29(2,3)38-25(22)14-21(19)20)32-27(36)18-11-17(12-18)24(8-10-37-4)34(26(35)16-30)28(31)33-30/h13-14,17-19,23-24H,5-12,15-16H2,1-4H3,(H2,31,33)(H,32,36)/t17?,18?,19?,23-,24?,30+/m0/s1. The van der Waals surface area contributed by atoms with Gasteiger partial charge in [-0.05, 0) is 81.5 Å². The zero-order valence-electron chi connectivity index (χ0n) is 23.2. The van der Waals surface area contributed by atoms with Crippen LogP contribution in [0, 0.1) is 11.8 Å². The molecular weight excluding hydrogens is 480 g/mol. The van der Waals surface area contributed by atoms with Gasteiger partial charge < -0.3 is 20.5 Å². The minimum atomic E-state index is -0.435. The molecule has 1 aromatic carbocycles. The van der Waals surface area contributed by atoms with E-state index in [1.807, 2.05) is 0 Å². The van der Waals surface area contributed by atoms with Gasteiger partial charge in [0.05, 0.1) is 18.0 Å². The van der Waals surface area contributed by atoms with Gasteiger partial charge in [-0.25, -0.2) is 4.99 Å². The molecule has 2 amide bonds. The van der Waals surface area contributed by atoms with Gasteiger partial charge >= 0.3 is 0 Å². The molecular formula is C30H42N4O4. The number of methoxy groups -OCH3 is 1. The highest BCUT2D eigenvalue weighted by molar-refractivity contribution is 5.99. The monoisotopic (exact) mass is 522 g/mol. The van der Waals surface area contributed by atoms with Crippen LogP contribution < -0.4 is 15.8 Å². The molecule has 0 saturated heterocycles. The number of carbonyl (C=O) groups is 2. The number of guanidine groups is 1. The van der Waals surface area contributed by atoms with Crippen molar-refractivity contribution < 1.29 is 19.1 Å². The number of nitrogens with two attached hydrogens (primary N) is 1. The number of amides is 2.